The van der Waals surface area contributed by atoms with Crippen LogP contribution in [0.15, 0.2) is 28.7 Å². The van der Waals surface area contributed by atoms with Crippen LogP contribution in [0.3, 0.4) is 0 Å². The van der Waals surface area contributed by atoms with Crippen molar-refractivity contribution in [2.75, 3.05) is 13.7 Å². The lowest BCUT2D eigenvalue weighted by atomic mass is 9.90. The van der Waals surface area contributed by atoms with Gasteiger partial charge in [-0.2, -0.15) is 0 Å². The van der Waals surface area contributed by atoms with Crippen molar-refractivity contribution < 1.29 is 9.53 Å². The average Bonchev–Trinajstić information content (AvgIpc) is 2.85. The van der Waals surface area contributed by atoms with E-state index in [9.17, 15) is 4.79 Å². The van der Waals surface area contributed by atoms with E-state index in [1.807, 2.05) is 24.3 Å². The van der Waals surface area contributed by atoms with Crippen LogP contribution in [0.4, 0.5) is 0 Å². The van der Waals surface area contributed by atoms with Gasteiger partial charge in [-0.05, 0) is 31.0 Å². The number of benzene rings is 1. The quantitative estimate of drug-likeness (QED) is 0.871. The smallest absolute Gasteiger partial charge is 0.314 e. The molecule has 1 fully saturated rings. The molecule has 0 unspecified atom stereocenters. The molecule has 0 amide bonds. The number of rotatable bonds is 3. The Morgan fingerprint density at radius 3 is 2.88 bits per heavy atom. The molecule has 1 aromatic carbocycles. The number of ether oxygens (including phenoxy) is 1. The molecule has 0 aliphatic carbocycles. The second-order valence-corrected chi connectivity index (χ2v) is 5.08. The van der Waals surface area contributed by atoms with Crippen LogP contribution in [0, 0.1) is 0 Å². The van der Waals surface area contributed by atoms with E-state index in [1.165, 1.54) is 7.11 Å². The summed E-state index contributed by atoms with van der Waals surface area (Å²) in [6.45, 7) is 0.975. The normalized spacial score (nSPS) is 21.2. The van der Waals surface area contributed by atoms with E-state index in [0.29, 0.717) is 0 Å². The highest BCUT2D eigenvalue weighted by atomic mass is 79.9. The van der Waals surface area contributed by atoms with Crippen molar-refractivity contribution in [3.05, 3.63) is 34.3 Å². The van der Waals surface area contributed by atoms with Gasteiger partial charge >= 0.3 is 5.97 Å². The van der Waals surface area contributed by atoms with Crippen LogP contribution >= 0.6 is 15.9 Å². The number of esters is 1. The van der Waals surface area contributed by atoms with Crippen molar-refractivity contribution in [3.8, 4) is 0 Å². The number of nitrogens with one attached hydrogen (secondary N) is 1. The number of hydrogen-bond donors (Lipinski definition) is 1. The second-order valence-electron chi connectivity index (χ2n) is 4.23. The van der Waals surface area contributed by atoms with Gasteiger partial charge in [0.1, 0.15) is 0 Å². The van der Waals surface area contributed by atoms with Gasteiger partial charge in [-0.15, -0.1) is 0 Å². The molecule has 1 heterocycles. The van der Waals surface area contributed by atoms with Crippen molar-refractivity contribution >= 4 is 21.9 Å². The third-order valence-corrected chi connectivity index (χ3v) is 3.92. The van der Waals surface area contributed by atoms with E-state index in [1.54, 1.807) is 0 Å². The van der Waals surface area contributed by atoms with Crippen LogP contribution in [0.1, 0.15) is 24.3 Å². The molecule has 1 aromatic rings. The molecule has 1 aliphatic heterocycles. The maximum absolute atomic E-state index is 12.0. The van der Waals surface area contributed by atoms with Crippen molar-refractivity contribution in [1.82, 2.24) is 5.32 Å². The first-order valence-corrected chi connectivity index (χ1v) is 6.59. The van der Waals surface area contributed by atoms with Gasteiger partial charge in [-0.25, -0.2) is 0 Å². The zero-order chi connectivity index (χ0) is 12.3. The SMILES string of the molecule is COC(=O)[C@@H](c1ccccc1Br)[C@H]1CCCN1. The van der Waals surface area contributed by atoms with Crippen molar-refractivity contribution in [3.63, 3.8) is 0 Å². The van der Waals surface area contributed by atoms with E-state index in [4.69, 9.17) is 4.74 Å². The summed E-state index contributed by atoms with van der Waals surface area (Å²) in [6, 6.07) is 8.02. The van der Waals surface area contributed by atoms with Crippen LogP contribution in [-0.4, -0.2) is 25.7 Å². The molecule has 2 rings (SSSR count). The van der Waals surface area contributed by atoms with Gasteiger partial charge in [0, 0.05) is 10.5 Å². The molecule has 17 heavy (non-hydrogen) atoms. The topological polar surface area (TPSA) is 38.3 Å². The Hall–Kier alpha value is -0.870. The maximum Gasteiger partial charge on any atom is 0.314 e. The summed E-state index contributed by atoms with van der Waals surface area (Å²) < 4.78 is 5.90. The van der Waals surface area contributed by atoms with Gasteiger partial charge in [-0.3, -0.25) is 4.79 Å². The number of carbonyl (C=O) groups is 1. The third kappa shape index (κ3) is 2.69. The molecule has 0 bridgehead atoms. The van der Waals surface area contributed by atoms with Gasteiger partial charge in [0.05, 0.1) is 13.0 Å². The first-order chi connectivity index (χ1) is 8.24. The summed E-state index contributed by atoms with van der Waals surface area (Å²) in [4.78, 5) is 12.0. The van der Waals surface area contributed by atoms with Crippen molar-refractivity contribution in [2.24, 2.45) is 0 Å². The predicted molar refractivity (Wildman–Crippen MR) is 69.9 cm³/mol. The van der Waals surface area contributed by atoms with Crippen LogP contribution in [0.5, 0.6) is 0 Å². The Balaban J connectivity index is 2.32. The van der Waals surface area contributed by atoms with E-state index in [0.717, 1.165) is 29.4 Å². The molecular formula is C13H16BrNO2. The fraction of sp³-hybridized carbons (Fsp3) is 0.462. The summed E-state index contributed by atoms with van der Waals surface area (Å²) >= 11 is 3.51. The van der Waals surface area contributed by atoms with Crippen LogP contribution < -0.4 is 5.32 Å². The van der Waals surface area contributed by atoms with Gasteiger partial charge in [0.2, 0.25) is 0 Å². The van der Waals surface area contributed by atoms with Crippen LogP contribution in [0.2, 0.25) is 0 Å². The lowest BCUT2D eigenvalue weighted by Crippen LogP contribution is -2.34. The molecule has 2 atom stereocenters. The fourth-order valence-corrected chi connectivity index (χ4v) is 2.89. The molecular weight excluding hydrogens is 282 g/mol. The van der Waals surface area contributed by atoms with Crippen LogP contribution in [-0.2, 0) is 9.53 Å². The third-order valence-electron chi connectivity index (χ3n) is 3.20. The minimum absolute atomic E-state index is 0.170. The molecule has 0 radical (unpaired) electrons. The maximum atomic E-state index is 12.0. The Labute approximate surface area is 110 Å². The number of hydrogen-bond acceptors (Lipinski definition) is 3. The van der Waals surface area contributed by atoms with E-state index < -0.39 is 0 Å². The fourth-order valence-electron chi connectivity index (χ4n) is 2.36. The highest BCUT2D eigenvalue weighted by Gasteiger charge is 2.33. The number of carbonyl (C=O) groups excluding carboxylic acids is 1. The van der Waals surface area contributed by atoms with E-state index >= 15 is 0 Å². The van der Waals surface area contributed by atoms with Crippen molar-refractivity contribution in [2.45, 2.75) is 24.8 Å². The highest BCUT2D eigenvalue weighted by Crippen LogP contribution is 2.31. The lowest BCUT2D eigenvalue weighted by molar-refractivity contribution is -0.143. The molecule has 0 saturated carbocycles. The molecule has 1 N–H and O–H groups in total. The number of halogens is 1. The van der Waals surface area contributed by atoms with Gasteiger partial charge in [0.25, 0.3) is 0 Å². The first kappa shape index (κ1) is 12.6. The molecule has 4 heteroatoms. The minimum atomic E-state index is -0.224. The van der Waals surface area contributed by atoms with E-state index in [2.05, 4.69) is 21.2 Å². The zero-order valence-corrected chi connectivity index (χ0v) is 11.4. The summed E-state index contributed by atoms with van der Waals surface area (Å²) in [5.74, 6) is -0.394. The Kier molecular flexibility index (Phi) is 4.18. The Morgan fingerprint density at radius 1 is 1.53 bits per heavy atom. The molecule has 1 saturated heterocycles. The minimum Gasteiger partial charge on any atom is -0.469 e. The number of methoxy groups -OCH3 is 1. The molecule has 0 spiro atoms. The van der Waals surface area contributed by atoms with Gasteiger partial charge < -0.3 is 10.1 Å². The lowest BCUT2D eigenvalue weighted by Gasteiger charge is -2.22. The summed E-state index contributed by atoms with van der Waals surface area (Å²) in [7, 11) is 1.45. The zero-order valence-electron chi connectivity index (χ0n) is 9.78. The molecule has 1 aliphatic rings. The Morgan fingerprint density at radius 2 is 2.29 bits per heavy atom. The van der Waals surface area contributed by atoms with E-state index in [-0.39, 0.29) is 17.9 Å². The largest absolute Gasteiger partial charge is 0.469 e. The first-order valence-electron chi connectivity index (χ1n) is 5.79. The van der Waals surface area contributed by atoms with Crippen molar-refractivity contribution in [1.29, 1.82) is 0 Å². The highest BCUT2D eigenvalue weighted by molar-refractivity contribution is 9.10. The Bertz CT molecular complexity index is 402. The monoisotopic (exact) mass is 297 g/mol. The summed E-state index contributed by atoms with van der Waals surface area (Å²) in [5.41, 5.74) is 0.999. The molecule has 0 aromatic heterocycles. The summed E-state index contributed by atoms with van der Waals surface area (Å²) in [6.07, 6.45) is 2.13. The average molecular weight is 298 g/mol. The second kappa shape index (κ2) is 5.65. The summed E-state index contributed by atoms with van der Waals surface area (Å²) in [5, 5.41) is 3.38. The standard InChI is InChI=1S/C13H16BrNO2/c1-17-13(16)12(11-7-4-8-15-11)9-5-2-3-6-10(9)14/h2-3,5-6,11-12,15H,4,7-8H2,1H3/t11-,12+/m1/s1. The molecule has 3 nitrogen and oxygen atoms in total. The van der Waals surface area contributed by atoms with Gasteiger partial charge in [-0.1, -0.05) is 34.1 Å². The van der Waals surface area contributed by atoms with Gasteiger partial charge in [0.15, 0.2) is 0 Å². The molecule has 92 valence electrons. The predicted octanol–water partition coefficient (Wildman–Crippen LogP) is 2.46. The van der Waals surface area contributed by atoms with Crippen LogP contribution in [0.25, 0.3) is 0 Å².